The Kier molecular flexibility index (Phi) is 5.35. The Morgan fingerprint density at radius 3 is 2.25 bits per heavy atom. The van der Waals surface area contributed by atoms with Gasteiger partial charge in [0.15, 0.2) is 22.9 Å². The van der Waals surface area contributed by atoms with Crippen molar-refractivity contribution in [3.63, 3.8) is 0 Å². The van der Waals surface area contributed by atoms with Gasteiger partial charge in [-0.2, -0.15) is 0 Å². The highest BCUT2D eigenvalue weighted by atomic mass is 16.5. The number of hydrogen-bond acceptors (Lipinski definition) is 7. The van der Waals surface area contributed by atoms with Crippen LogP contribution in [0.4, 0.5) is 0 Å². The fourth-order valence-corrected chi connectivity index (χ4v) is 2.81. The predicted octanol–water partition coefficient (Wildman–Crippen LogP) is 3.42. The van der Waals surface area contributed by atoms with E-state index in [2.05, 4.69) is 0 Å². The molecule has 7 heteroatoms. The molecular formula is C21H18O7. The maximum Gasteiger partial charge on any atom is 0.336 e. The molecule has 144 valence electrons. The fraction of sp³-hybridized carbons (Fsp3) is 0.143. The minimum Gasteiger partial charge on any atom is -0.507 e. The largest absolute Gasteiger partial charge is 0.507 e. The van der Waals surface area contributed by atoms with Gasteiger partial charge < -0.3 is 23.7 Å². The minimum absolute atomic E-state index is 0.0343. The van der Waals surface area contributed by atoms with E-state index >= 15 is 0 Å². The molecule has 0 aliphatic carbocycles. The lowest BCUT2D eigenvalue weighted by molar-refractivity contribution is 0.104. The zero-order chi connectivity index (χ0) is 20.3. The Morgan fingerprint density at radius 1 is 1.00 bits per heavy atom. The number of rotatable bonds is 6. The van der Waals surface area contributed by atoms with E-state index in [1.165, 1.54) is 51.7 Å². The van der Waals surface area contributed by atoms with Crippen LogP contribution in [0.1, 0.15) is 15.9 Å². The maximum atomic E-state index is 12.7. The Labute approximate surface area is 160 Å². The summed E-state index contributed by atoms with van der Waals surface area (Å²) in [6.07, 6.45) is 2.80. The van der Waals surface area contributed by atoms with Gasteiger partial charge in [-0.05, 0) is 42.0 Å². The number of ketones is 1. The van der Waals surface area contributed by atoms with E-state index in [1.807, 2.05) is 0 Å². The van der Waals surface area contributed by atoms with Crippen LogP contribution in [0.2, 0.25) is 0 Å². The first kappa shape index (κ1) is 19.0. The number of methoxy groups -OCH3 is 3. The molecule has 0 bridgehead atoms. The second kappa shape index (κ2) is 7.87. The molecular weight excluding hydrogens is 364 g/mol. The quantitative estimate of drug-likeness (QED) is 0.396. The van der Waals surface area contributed by atoms with E-state index in [0.29, 0.717) is 28.2 Å². The summed E-state index contributed by atoms with van der Waals surface area (Å²) in [5, 5.41) is 10.7. The molecule has 3 rings (SSSR count). The summed E-state index contributed by atoms with van der Waals surface area (Å²) < 4.78 is 21.0. The van der Waals surface area contributed by atoms with E-state index in [9.17, 15) is 14.7 Å². The number of allylic oxidation sites excluding steroid dienone is 1. The van der Waals surface area contributed by atoms with Gasteiger partial charge in [0.25, 0.3) is 0 Å². The number of carbonyl (C=O) groups is 1. The summed E-state index contributed by atoms with van der Waals surface area (Å²) >= 11 is 0. The number of benzene rings is 2. The molecule has 0 aliphatic rings. The highest BCUT2D eigenvalue weighted by Gasteiger charge is 2.16. The van der Waals surface area contributed by atoms with Crippen molar-refractivity contribution in [3.05, 3.63) is 64.0 Å². The molecule has 0 spiro atoms. The SMILES string of the molecule is COc1cc(/C=C/C(=O)c2c(O)ccc3ccc(=O)oc23)cc(OC)c1OC. The Balaban J connectivity index is 2.03. The lowest BCUT2D eigenvalue weighted by atomic mass is 10.0. The fourth-order valence-electron chi connectivity index (χ4n) is 2.81. The van der Waals surface area contributed by atoms with Gasteiger partial charge in [-0.15, -0.1) is 0 Å². The third kappa shape index (κ3) is 3.55. The van der Waals surface area contributed by atoms with Crippen LogP contribution in [0.25, 0.3) is 17.0 Å². The number of fused-ring (bicyclic) bond motifs is 1. The molecule has 0 amide bonds. The summed E-state index contributed by atoms with van der Waals surface area (Å²) in [6, 6.07) is 9.07. The number of carbonyl (C=O) groups excluding carboxylic acids is 1. The van der Waals surface area contributed by atoms with E-state index in [1.54, 1.807) is 18.2 Å². The topological polar surface area (TPSA) is 95.2 Å². The first-order chi connectivity index (χ1) is 13.5. The molecule has 0 radical (unpaired) electrons. The van der Waals surface area contributed by atoms with Crippen LogP contribution in [-0.4, -0.2) is 32.2 Å². The first-order valence-electron chi connectivity index (χ1n) is 8.26. The minimum atomic E-state index is -0.610. The summed E-state index contributed by atoms with van der Waals surface area (Å²) in [6.45, 7) is 0. The maximum absolute atomic E-state index is 12.7. The average molecular weight is 382 g/mol. The van der Waals surface area contributed by atoms with Gasteiger partial charge in [-0.3, -0.25) is 4.79 Å². The third-order valence-electron chi connectivity index (χ3n) is 4.13. The summed E-state index contributed by atoms with van der Waals surface area (Å²) in [4.78, 5) is 24.2. The second-order valence-electron chi connectivity index (χ2n) is 5.79. The number of phenolic OH excluding ortho intramolecular Hbond substituents is 1. The van der Waals surface area contributed by atoms with Crippen LogP contribution >= 0.6 is 0 Å². The molecule has 0 saturated carbocycles. The number of phenols is 1. The van der Waals surface area contributed by atoms with Crippen molar-refractivity contribution in [2.24, 2.45) is 0 Å². The second-order valence-corrected chi connectivity index (χ2v) is 5.79. The Morgan fingerprint density at radius 2 is 1.64 bits per heavy atom. The van der Waals surface area contributed by atoms with E-state index in [0.717, 1.165) is 0 Å². The van der Waals surface area contributed by atoms with Crippen molar-refractivity contribution in [2.75, 3.05) is 21.3 Å². The molecule has 1 heterocycles. The normalized spacial score (nSPS) is 11.0. The van der Waals surface area contributed by atoms with Crippen LogP contribution < -0.4 is 19.8 Å². The number of hydrogen-bond donors (Lipinski definition) is 1. The van der Waals surface area contributed by atoms with Crippen molar-refractivity contribution in [2.45, 2.75) is 0 Å². The van der Waals surface area contributed by atoms with Crippen molar-refractivity contribution in [1.82, 2.24) is 0 Å². The van der Waals surface area contributed by atoms with Crippen LogP contribution in [0, 0.1) is 0 Å². The zero-order valence-electron chi connectivity index (χ0n) is 15.5. The molecule has 0 atom stereocenters. The standard InChI is InChI=1S/C21H18O7/c1-25-16-10-12(11-17(26-2)21(16)27-3)4-7-14(22)19-15(23)8-5-13-6-9-18(24)28-20(13)19/h4-11,23H,1-3H3/b7-4+. The third-order valence-corrected chi connectivity index (χ3v) is 4.13. The van der Waals surface area contributed by atoms with E-state index < -0.39 is 11.4 Å². The molecule has 3 aromatic rings. The Bertz CT molecular complexity index is 1100. The highest BCUT2D eigenvalue weighted by molar-refractivity contribution is 6.15. The van der Waals surface area contributed by atoms with E-state index in [4.69, 9.17) is 18.6 Å². The van der Waals surface area contributed by atoms with Gasteiger partial charge in [0.05, 0.1) is 21.3 Å². The molecule has 2 aromatic carbocycles. The zero-order valence-corrected chi connectivity index (χ0v) is 15.5. The lowest BCUT2D eigenvalue weighted by Gasteiger charge is -2.12. The van der Waals surface area contributed by atoms with Gasteiger partial charge in [0, 0.05) is 11.5 Å². The molecule has 1 N–H and O–H groups in total. The molecule has 0 saturated heterocycles. The highest BCUT2D eigenvalue weighted by Crippen LogP contribution is 2.38. The molecule has 0 fully saturated rings. The van der Waals surface area contributed by atoms with Crippen molar-refractivity contribution < 1.29 is 28.5 Å². The monoisotopic (exact) mass is 382 g/mol. The molecule has 1 aromatic heterocycles. The number of ether oxygens (including phenoxy) is 3. The average Bonchev–Trinajstić information content (AvgIpc) is 2.70. The van der Waals surface area contributed by atoms with Crippen molar-refractivity contribution in [3.8, 4) is 23.0 Å². The van der Waals surface area contributed by atoms with Crippen LogP contribution in [0.5, 0.6) is 23.0 Å². The van der Waals surface area contributed by atoms with Crippen LogP contribution in [0.3, 0.4) is 0 Å². The molecule has 0 unspecified atom stereocenters. The van der Waals surface area contributed by atoms with Gasteiger partial charge in [-0.1, -0.05) is 6.08 Å². The predicted molar refractivity (Wildman–Crippen MR) is 104 cm³/mol. The van der Waals surface area contributed by atoms with Gasteiger partial charge in [0.1, 0.15) is 11.3 Å². The van der Waals surface area contributed by atoms with Gasteiger partial charge >= 0.3 is 5.63 Å². The van der Waals surface area contributed by atoms with E-state index in [-0.39, 0.29) is 16.9 Å². The molecule has 0 aliphatic heterocycles. The summed E-state index contributed by atoms with van der Waals surface area (Å²) in [7, 11) is 4.48. The summed E-state index contributed by atoms with van der Waals surface area (Å²) in [5.74, 6) is 0.510. The van der Waals surface area contributed by atoms with Crippen LogP contribution in [-0.2, 0) is 0 Å². The lowest BCUT2D eigenvalue weighted by Crippen LogP contribution is -2.01. The smallest absolute Gasteiger partial charge is 0.336 e. The molecule has 28 heavy (non-hydrogen) atoms. The first-order valence-corrected chi connectivity index (χ1v) is 8.26. The van der Waals surface area contributed by atoms with Gasteiger partial charge in [-0.25, -0.2) is 4.79 Å². The van der Waals surface area contributed by atoms with Crippen molar-refractivity contribution >= 4 is 22.8 Å². The Hall–Kier alpha value is -3.74. The van der Waals surface area contributed by atoms with Crippen molar-refractivity contribution in [1.29, 1.82) is 0 Å². The number of aromatic hydroxyl groups is 1. The van der Waals surface area contributed by atoms with Gasteiger partial charge in [0.2, 0.25) is 5.75 Å². The summed E-state index contributed by atoms with van der Waals surface area (Å²) in [5.41, 5.74) is -0.0456. The molecule has 7 nitrogen and oxygen atoms in total. The van der Waals surface area contributed by atoms with Crippen LogP contribution in [0.15, 0.2) is 51.7 Å².